The van der Waals surface area contributed by atoms with Crippen molar-refractivity contribution in [1.82, 2.24) is 15.2 Å². The Morgan fingerprint density at radius 3 is 2.67 bits per heavy atom. The Labute approximate surface area is 176 Å². The summed E-state index contributed by atoms with van der Waals surface area (Å²) in [5.41, 5.74) is 2.44. The molecule has 2 N–H and O–H groups in total. The third-order valence-corrected chi connectivity index (χ3v) is 5.34. The second-order valence-corrected chi connectivity index (χ2v) is 7.51. The summed E-state index contributed by atoms with van der Waals surface area (Å²) in [7, 11) is 0. The van der Waals surface area contributed by atoms with Crippen molar-refractivity contribution >= 4 is 28.5 Å². The van der Waals surface area contributed by atoms with Crippen molar-refractivity contribution in [2.75, 3.05) is 25.0 Å². The van der Waals surface area contributed by atoms with Crippen LogP contribution in [-0.4, -0.2) is 41.3 Å². The van der Waals surface area contributed by atoms with Crippen LogP contribution in [0.1, 0.15) is 35.2 Å². The van der Waals surface area contributed by atoms with Crippen molar-refractivity contribution in [3.63, 3.8) is 0 Å². The monoisotopic (exact) mass is 402 g/mol. The average Bonchev–Trinajstić information content (AvgIpc) is 3.20. The lowest BCUT2D eigenvalue weighted by Crippen LogP contribution is -2.27. The van der Waals surface area contributed by atoms with Crippen LogP contribution in [0.5, 0.6) is 0 Å². The summed E-state index contributed by atoms with van der Waals surface area (Å²) in [6.45, 7) is 2.78. The molecular weight excluding hydrogens is 376 g/mol. The number of pyridine rings is 1. The number of carbonyl (C=O) groups is 2. The Kier molecular flexibility index (Phi) is 6.23. The summed E-state index contributed by atoms with van der Waals surface area (Å²) < 4.78 is 0. The number of aromatic nitrogens is 1. The van der Waals surface area contributed by atoms with E-state index in [1.807, 2.05) is 65.6 Å². The molecule has 0 atom stereocenters. The van der Waals surface area contributed by atoms with Gasteiger partial charge in [-0.3, -0.25) is 9.59 Å². The highest BCUT2D eigenvalue weighted by Gasteiger charge is 2.19. The number of rotatable bonds is 8. The molecule has 6 nitrogen and oxygen atoms in total. The fourth-order valence-electron chi connectivity index (χ4n) is 3.75. The largest absolute Gasteiger partial charge is 0.370 e. The van der Waals surface area contributed by atoms with Crippen LogP contribution in [0.4, 0.5) is 5.82 Å². The minimum absolute atomic E-state index is 0.122. The minimum atomic E-state index is -0.122. The molecular formula is C24H26N4O2. The van der Waals surface area contributed by atoms with Crippen molar-refractivity contribution in [3.05, 3.63) is 71.8 Å². The summed E-state index contributed by atoms with van der Waals surface area (Å²) in [4.78, 5) is 31.2. The van der Waals surface area contributed by atoms with E-state index >= 15 is 0 Å². The highest BCUT2D eigenvalue weighted by Crippen LogP contribution is 2.21. The molecule has 1 aliphatic heterocycles. The highest BCUT2D eigenvalue weighted by atomic mass is 16.2. The number of hydrogen-bond acceptors (Lipinski definition) is 4. The summed E-state index contributed by atoms with van der Waals surface area (Å²) in [5, 5.41) is 7.15. The zero-order valence-electron chi connectivity index (χ0n) is 16.9. The summed E-state index contributed by atoms with van der Waals surface area (Å²) in [5.74, 6) is 0.797. The van der Waals surface area contributed by atoms with Crippen molar-refractivity contribution in [2.45, 2.75) is 25.8 Å². The van der Waals surface area contributed by atoms with E-state index in [4.69, 9.17) is 0 Å². The van der Waals surface area contributed by atoms with E-state index in [1.165, 1.54) is 0 Å². The first kappa shape index (κ1) is 19.9. The summed E-state index contributed by atoms with van der Waals surface area (Å²) in [6, 6.07) is 19.3. The molecule has 1 fully saturated rings. The van der Waals surface area contributed by atoms with Crippen LogP contribution in [0.2, 0.25) is 0 Å². The molecule has 1 aliphatic rings. The van der Waals surface area contributed by atoms with Gasteiger partial charge in [0.2, 0.25) is 5.91 Å². The Balaban J connectivity index is 1.43. The zero-order chi connectivity index (χ0) is 20.8. The van der Waals surface area contributed by atoms with E-state index in [1.54, 1.807) is 0 Å². The molecule has 1 aromatic heterocycles. The minimum Gasteiger partial charge on any atom is -0.370 e. The maximum Gasteiger partial charge on any atom is 0.252 e. The van der Waals surface area contributed by atoms with Crippen LogP contribution in [-0.2, 0) is 11.3 Å². The molecule has 6 heteroatoms. The number of anilines is 1. The van der Waals surface area contributed by atoms with Crippen molar-refractivity contribution in [1.29, 1.82) is 0 Å². The molecule has 3 aromatic rings. The van der Waals surface area contributed by atoms with Gasteiger partial charge in [0.25, 0.3) is 5.91 Å². The molecule has 1 saturated heterocycles. The Morgan fingerprint density at radius 1 is 1.07 bits per heavy atom. The number of amides is 2. The Hall–Kier alpha value is -3.41. The molecule has 4 rings (SSSR count). The zero-order valence-corrected chi connectivity index (χ0v) is 16.9. The van der Waals surface area contributed by atoms with E-state index in [0.717, 1.165) is 42.4 Å². The fraction of sp³-hybridized carbons (Fsp3) is 0.292. The average molecular weight is 402 g/mol. The standard InChI is InChI=1S/C24H26N4O2/c29-23-12-6-14-28(23)15-7-13-25-22-16-20(19-10-4-5-11-21(19)27-22)24(30)26-17-18-8-2-1-3-9-18/h1-5,8-11,16H,6-7,12-15,17H2,(H,25,27)(H,26,30). The first-order chi connectivity index (χ1) is 14.7. The smallest absolute Gasteiger partial charge is 0.252 e. The number of nitrogens with one attached hydrogen (secondary N) is 2. The van der Waals surface area contributed by atoms with Gasteiger partial charge in [0.05, 0.1) is 11.1 Å². The first-order valence-electron chi connectivity index (χ1n) is 10.4. The van der Waals surface area contributed by atoms with Gasteiger partial charge in [-0.15, -0.1) is 0 Å². The molecule has 30 heavy (non-hydrogen) atoms. The van der Waals surface area contributed by atoms with Crippen molar-refractivity contribution in [3.8, 4) is 0 Å². The molecule has 154 valence electrons. The van der Waals surface area contributed by atoms with Crippen LogP contribution in [0.3, 0.4) is 0 Å². The third kappa shape index (κ3) is 4.76. The molecule has 0 radical (unpaired) electrons. The van der Waals surface area contributed by atoms with E-state index in [0.29, 0.717) is 30.9 Å². The topological polar surface area (TPSA) is 74.3 Å². The molecule has 2 aromatic carbocycles. The first-order valence-corrected chi connectivity index (χ1v) is 10.4. The van der Waals surface area contributed by atoms with Crippen LogP contribution >= 0.6 is 0 Å². The third-order valence-electron chi connectivity index (χ3n) is 5.34. The lowest BCUT2D eigenvalue weighted by molar-refractivity contribution is -0.127. The lowest BCUT2D eigenvalue weighted by atomic mass is 10.1. The molecule has 0 spiro atoms. The van der Waals surface area contributed by atoms with Crippen molar-refractivity contribution < 1.29 is 9.59 Å². The number of nitrogens with zero attached hydrogens (tertiary/aromatic N) is 2. The van der Waals surface area contributed by atoms with Gasteiger partial charge in [-0.05, 0) is 30.5 Å². The Morgan fingerprint density at radius 2 is 1.87 bits per heavy atom. The summed E-state index contributed by atoms with van der Waals surface area (Å²) >= 11 is 0. The van der Waals surface area contributed by atoms with E-state index in [9.17, 15) is 9.59 Å². The molecule has 2 amide bonds. The quantitative estimate of drug-likeness (QED) is 0.565. The van der Waals surface area contributed by atoms with Crippen LogP contribution in [0, 0.1) is 0 Å². The SMILES string of the molecule is O=C(NCc1ccccc1)c1cc(NCCCN2CCCC2=O)nc2ccccc12. The Bertz CT molecular complexity index is 1040. The molecule has 0 unspecified atom stereocenters. The second kappa shape index (κ2) is 9.39. The number of fused-ring (bicyclic) bond motifs is 1. The van der Waals surface area contributed by atoms with Crippen LogP contribution in [0.25, 0.3) is 10.9 Å². The number of carbonyl (C=O) groups excluding carboxylic acids is 2. The van der Waals surface area contributed by atoms with Gasteiger partial charge in [-0.2, -0.15) is 0 Å². The number of para-hydroxylation sites is 1. The van der Waals surface area contributed by atoms with E-state index < -0.39 is 0 Å². The maximum atomic E-state index is 12.9. The number of benzene rings is 2. The molecule has 0 saturated carbocycles. The van der Waals surface area contributed by atoms with Gasteiger partial charge in [0, 0.05) is 38.0 Å². The van der Waals surface area contributed by atoms with Gasteiger partial charge in [-0.1, -0.05) is 48.5 Å². The van der Waals surface area contributed by atoms with Gasteiger partial charge in [0.1, 0.15) is 5.82 Å². The van der Waals surface area contributed by atoms with Gasteiger partial charge in [-0.25, -0.2) is 4.98 Å². The lowest BCUT2D eigenvalue weighted by Gasteiger charge is -2.16. The molecule has 0 aliphatic carbocycles. The molecule has 0 bridgehead atoms. The highest BCUT2D eigenvalue weighted by molar-refractivity contribution is 6.06. The van der Waals surface area contributed by atoms with Gasteiger partial charge in [0.15, 0.2) is 0 Å². The van der Waals surface area contributed by atoms with Gasteiger partial charge < -0.3 is 15.5 Å². The summed E-state index contributed by atoms with van der Waals surface area (Å²) in [6.07, 6.45) is 2.47. The number of likely N-dealkylation sites (tertiary alicyclic amines) is 1. The predicted molar refractivity (Wildman–Crippen MR) is 118 cm³/mol. The predicted octanol–water partition coefficient (Wildman–Crippen LogP) is 3.59. The second-order valence-electron chi connectivity index (χ2n) is 7.51. The van der Waals surface area contributed by atoms with Gasteiger partial charge >= 0.3 is 0 Å². The van der Waals surface area contributed by atoms with E-state index in [2.05, 4.69) is 15.6 Å². The van der Waals surface area contributed by atoms with Crippen LogP contribution < -0.4 is 10.6 Å². The normalized spacial score (nSPS) is 13.6. The van der Waals surface area contributed by atoms with Crippen LogP contribution in [0.15, 0.2) is 60.7 Å². The fourth-order valence-corrected chi connectivity index (χ4v) is 3.75. The maximum absolute atomic E-state index is 12.9. The molecule has 2 heterocycles. The van der Waals surface area contributed by atoms with Crippen molar-refractivity contribution in [2.24, 2.45) is 0 Å². The van der Waals surface area contributed by atoms with E-state index in [-0.39, 0.29) is 11.8 Å². The number of hydrogen-bond donors (Lipinski definition) is 2.